The average molecular weight is 410 g/mol. The maximum Gasteiger partial charge on any atom is 0.107 e. The highest BCUT2D eigenvalue weighted by Crippen LogP contribution is 2.40. The van der Waals surface area contributed by atoms with Crippen LogP contribution in [0.5, 0.6) is 0 Å². The highest BCUT2D eigenvalue weighted by molar-refractivity contribution is 8.00. The van der Waals surface area contributed by atoms with Gasteiger partial charge in [-0.1, -0.05) is 0 Å². The predicted molar refractivity (Wildman–Crippen MR) is 120 cm³/mol. The summed E-state index contributed by atoms with van der Waals surface area (Å²) in [5.74, 6) is 4.08. The summed E-state index contributed by atoms with van der Waals surface area (Å²) in [5.41, 5.74) is 0.441. The maximum absolute atomic E-state index is 3.93. The third-order valence-electron chi connectivity index (χ3n) is 7.87. The van der Waals surface area contributed by atoms with Crippen LogP contribution >= 0.6 is 11.8 Å². The lowest BCUT2D eigenvalue weighted by molar-refractivity contribution is 0.100. The molecule has 1 saturated carbocycles. The number of thioether (sulfide) groups is 1. The first-order chi connectivity index (χ1) is 13.6. The minimum absolute atomic E-state index is 0.441. The summed E-state index contributed by atoms with van der Waals surface area (Å²) >= 11 is 2.10. The van der Waals surface area contributed by atoms with Crippen LogP contribution in [-0.2, 0) is 0 Å². The minimum atomic E-state index is 0.441. The molecular formula is C22H43N5S. The third kappa shape index (κ3) is 5.44. The zero-order valence-corrected chi connectivity index (χ0v) is 19.1. The van der Waals surface area contributed by atoms with Crippen LogP contribution in [0, 0.1) is 17.8 Å². The summed E-state index contributed by atoms with van der Waals surface area (Å²) < 4.78 is 0. The van der Waals surface area contributed by atoms with Crippen molar-refractivity contribution in [1.82, 2.24) is 26.2 Å². The van der Waals surface area contributed by atoms with Gasteiger partial charge in [0.1, 0.15) is 5.50 Å². The second kappa shape index (κ2) is 9.97. The van der Waals surface area contributed by atoms with Crippen molar-refractivity contribution in [2.75, 3.05) is 26.4 Å². The molecule has 0 bridgehead atoms. The molecule has 0 amide bonds. The quantitative estimate of drug-likeness (QED) is 0.560. The molecule has 0 aromatic rings. The number of nitrogens with zero attached hydrogens (tertiary/aromatic N) is 1. The Kier molecular flexibility index (Phi) is 7.62. The molecule has 6 heteroatoms. The largest absolute Gasteiger partial charge is 0.302 e. The molecule has 6 unspecified atom stereocenters. The van der Waals surface area contributed by atoms with E-state index in [0.29, 0.717) is 29.9 Å². The molecular weight excluding hydrogens is 366 g/mol. The number of nitrogens with one attached hydrogen (secondary N) is 4. The van der Waals surface area contributed by atoms with E-state index < -0.39 is 0 Å². The van der Waals surface area contributed by atoms with E-state index in [1.54, 1.807) is 0 Å². The summed E-state index contributed by atoms with van der Waals surface area (Å²) in [6.45, 7) is 3.52. The molecule has 4 fully saturated rings. The van der Waals surface area contributed by atoms with E-state index in [9.17, 15) is 0 Å². The van der Waals surface area contributed by atoms with Crippen molar-refractivity contribution in [3.8, 4) is 0 Å². The minimum Gasteiger partial charge on any atom is -0.302 e. The fourth-order valence-corrected chi connectivity index (χ4v) is 7.37. The average Bonchev–Trinajstić information content (AvgIpc) is 3.17. The van der Waals surface area contributed by atoms with Crippen molar-refractivity contribution >= 4 is 11.8 Å². The van der Waals surface area contributed by atoms with Crippen LogP contribution in [0.25, 0.3) is 0 Å². The van der Waals surface area contributed by atoms with E-state index in [-0.39, 0.29) is 0 Å². The van der Waals surface area contributed by atoms with Gasteiger partial charge in [-0.05, 0) is 103 Å². The smallest absolute Gasteiger partial charge is 0.107 e. The van der Waals surface area contributed by atoms with Gasteiger partial charge in [0.15, 0.2) is 0 Å². The summed E-state index contributed by atoms with van der Waals surface area (Å²) in [5, 5.41) is 15.2. The lowest BCUT2D eigenvalue weighted by Crippen LogP contribution is -2.55. The highest BCUT2D eigenvalue weighted by atomic mass is 32.2. The molecule has 6 atom stereocenters. The van der Waals surface area contributed by atoms with Crippen LogP contribution in [0.3, 0.4) is 0 Å². The molecule has 1 aliphatic carbocycles. The van der Waals surface area contributed by atoms with Gasteiger partial charge >= 0.3 is 0 Å². The van der Waals surface area contributed by atoms with Crippen molar-refractivity contribution in [2.24, 2.45) is 17.8 Å². The van der Waals surface area contributed by atoms with Gasteiger partial charge in [0.05, 0.1) is 12.3 Å². The zero-order valence-electron chi connectivity index (χ0n) is 18.3. The normalized spacial score (nSPS) is 45.4. The summed E-state index contributed by atoms with van der Waals surface area (Å²) in [4.78, 5) is 2.37. The van der Waals surface area contributed by atoms with Crippen LogP contribution in [0.1, 0.15) is 64.7 Å². The summed E-state index contributed by atoms with van der Waals surface area (Å²) in [6, 6.07) is 1.37. The van der Waals surface area contributed by atoms with Crippen molar-refractivity contribution in [2.45, 2.75) is 94.6 Å². The molecule has 4 aliphatic rings. The molecule has 28 heavy (non-hydrogen) atoms. The Morgan fingerprint density at radius 3 is 2.43 bits per heavy atom. The van der Waals surface area contributed by atoms with Crippen molar-refractivity contribution in [1.29, 1.82) is 0 Å². The second-order valence-electron chi connectivity index (χ2n) is 10.1. The number of hydrogen-bond acceptors (Lipinski definition) is 6. The lowest BCUT2D eigenvalue weighted by Gasteiger charge is -2.41. The number of piperidine rings is 2. The van der Waals surface area contributed by atoms with Gasteiger partial charge in [-0.15, -0.1) is 11.8 Å². The Balaban J connectivity index is 1.19. The van der Waals surface area contributed by atoms with Gasteiger partial charge in [0.25, 0.3) is 0 Å². The van der Waals surface area contributed by atoms with Gasteiger partial charge in [-0.2, -0.15) is 0 Å². The molecule has 0 aromatic carbocycles. The van der Waals surface area contributed by atoms with Crippen LogP contribution in [-0.4, -0.2) is 61.2 Å². The van der Waals surface area contributed by atoms with Crippen LogP contribution in [0.15, 0.2) is 0 Å². The molecule has 0 radical (unpaired) electrons. The van der Waals surface area contributed by atoms with Gasteiger partial charge in [0, 0.05) is 17.8 Å². The Bertz CT molecular complexity index is 482. The Morgan fingerprint density at radius 1 is 0.893 bits per heavy atom. The highest BCUT2D eigenvalue weighted by Gasteiger charge is 2.37. The fraction of sp³-hybridized carbons (Fsp3) is 1.00. The van der Waals surface area contributed by atoms with E-state index >= 15 is 0 Å². The first kappa shape index (κ1) is 21.4. The van der Waals surface area contributed by atoms with Crippen molar-refractivity contribution in [3.05, 3.63) is 0 Å². The molecule has 3 saturated heterocycles. The maximum atomic E-state index is 3.93. The Morgan fingerprint density at radius 2 is 1.68 bits per heavy atom. The van der Waals surface area contributed by atoms with Crippen LogP contribution in [0.4, 0.5) is 0 Å². The van der Waals surface area contributed by atoms with Gasteiger partial charge in [0.2, 0.25) is 0 Å². The molecule has 3 heterocycles. The standard InChI is InChI=1S/C22H43N5S/c1-15-5-4-6-20(24-15)26-22-25-19(14-28-22)17-9-7-16(8-10-17)18-11-12-23-21(13-18)27(2)3/h15-26H,4-14H2,1-3H3. The van der Waals surface area contributed by atoms with E-state index in [0.717, 1.165) is 17.8 Å². The monoisotopic (exact) mass is 409 g/mol. The van der Waals surface area contributed by atoms with Gasteiger partial charge in [-0.25, -0.2) is 0 Å². The van der Waals surface area contributed by atoms with E-state index in [1.165, 1.54) is 70.1 Å². The lowest BCUT2D eigenvalue weighted by atomic mass is 9.71. The molecule has 162 valence electrons. The van der Waals surface area contributed by atoms with Gasteiger partial charge in [-0.3, -0.25) is 20.9 Å². The second-order valence-corrected chi connectivity index (χ2v) is 11.2. The first-order valence-corrected chi connectivity index (χ1v) is 12.9. The van der Waals surface area contributed by atoms with E-state index in [2.05, 4.69) is 58.9 Å². The summed E-state index contributed by atoms with van der Waals surface area (Å²) in [7, 11) is 4.43. The fourth-order valence-electron chi connectivity index (χ4n) is 6.07. The molecule has 3 aliphatic heterocycles. The molecule has 4 rings (SSSR count). The molecule has 5 nitrogen and oxygen atoms in total. The Hall–Kier alpha value is 0.150. The topological polar surface area (TPSA) is 51.4 Å². The number of rotatable bonds is 5. The van der Waals surface area contributed by atoms with Crippen molar-refractivity contribution < 1.29 is 0 Å². The first-order valence-electron chi connectivity index (χ1n) is 11.9. The zero-order chi connectivity index (χ0) is 19.5. The number of hydrogen-bond donors (Lipinski definition) is 4. The van der Waals surface area contributed by atoms with E-state index in [1.807, 2.05) is 0 Å². The molecule has 0 spiro atoms. The van der Waals surface area contributed by atoms with Gasteiger partial charge < -0.3 is 5.32 Å². The third-order valence-corrected chi connectivity index (χ3v) is 9.03. The Labute approximate surface area is 176 Å². The molecule has 4 N–H and O–H groups in total. The van der Waals surface area contributed by atoms with Crippen LogP contribution in [0.2, 0.25) is 0 Å². The summed E-state index contributed by atoms with van der Waals surface area (Å²) in [6.07, 6.45) is 13.5. The van der Waals surface area contributed by atoms with E-state index in [4.69, 9.17) is 0 Å². The predicted octanol–water partition coefficient (Wildman–Crippen LogP) is 2.75. The van der Waals surface area contributed by atoms with Crippen molar-refractivity contribution in [3.63, 3.8) is 0 Å². The molecule has 0 aromatic heterocycles. The van der Waals surface area contributed by atoms with Crippen LogP contribution < -0.4 is 21.3 Å². The SMILES string of the molecule is CC1CCCC(NC2NC(C3CCC(C4CCNC(N(C)C)C4)CC3)CS2)N1.